The zero-order valence-electron chi connectivity index (χ0n) is 20.7. The Morgan fingerprint density at radius 3 is 2.51 bits per heavy atom. The van der Waals surface area contributed by atoms with E-state index in [1.54, 1.807) is 6.07 Å². The normalized spacial score (nSPS) is 21.8. The lowest BCUT2D eigenvalue weighted by Gasteiger charge is -2.41. The Morgan fingerprint density at radius 2 is 1.83 bits per heavy atom. The highest BCUT2D eigenvalue weighted by atomic mass is 16.6. The number of rotatable bonds is 5. The maximum Gasteiger partial charge on any atom is 0.410 e. The first-order valence-corrected chi connectivity index (χ1v) is 12.4. The Bertz CT molecular complexity index is 1210. The number of primary amides is 1. The standard InChI is InChI=1S/C26H34N6O3/c1-17-24-23(19-6-9-21(35-26(27)33)22(16-19)34-3)29-25(32(24)11-10-28-17)18-4-7-20(8-5-18)31-14-12-30(2)13-15-31/h6,9-11,16,18,20H,4-5,7-8,12-15H2,1-3H3,(H2,27,33). The molecule has 1 aliphatic heterocycles. The van der Waals surface area contributed by atoms with Crippen LogP contribution in [0.15, 0.2) is 30.6 Å². The lowest BCUT2D eigenvalue weighted by molar-refractivity contribution is 0.0872. The molecule has 1 amide bonds. The van der Waals surface area contributed by atoms with Crippen molar-refractivity contribution >= 4 is 11.6 Å². The summed E-state index contributed by atoms with van der Waals surface area (Å²) in [7, 11) is 3.75. The van der Waals surface area contributed by atoms with Gasteiger partial charge in [0.15, 0.2) is 11.5 Å². The predicted molar refractivity (Wildman–Crippen MR) is 134 cm³/mol. The molecule has 9 heteroatoms. The zero-order valence-corrected chi connectivity index (χ0v) is 20.7. The summed E-state index contributed by atoms with van der Waals surface area (Å²) in [5.74, 6) is 2.21. The Kier molecular flexibility index (Phi) is 6.62. The minimum atomic E-state index is -0.877. The number of amides is 1. The van der Waals surface area contributed by atoms with Gasteiger partial charge in [0.25, 0.3) is 0 Å². The van der Waals surface area contributed by atoms with Gasteiger partial charge in [-0.3, -0.25) is 14.3 Å². The van der Waals surface area contributed by atoms with Gasteiger partial charge in [-0.1, -0.05) is 0 Å². The summed E-state index contributed by atoms with van der Waals surface area (Å²) in [6, 6.07) is 6.08. The van der Waals surface area contributed by atoms with Crippen molar-refractivity contribution in [2.75, 3.05) is 40.3 Å². The van der Waals surface area contributed by atoms with E-state index in [-0.39, 0.29) is 5.75 Å². The number of likely N-dealkylation sites (N-methyl/N-ethyl adjacent to an activating group) is 1. The molecule has 1 aliphatic carbocycles. The predicted octanol–water partition coefficient (Wildman–Crippen LogP) is 3.44. The van der Waals surface area contributed by atoms with Gasteiger partial charge in [0.05, 0.1) is 24.0 Å². The van der Waals surface area contributed by atoms with Gasteiger partial charge in [-0.15, -0.1) is 0 Å². The second-order valence-electron chi connectivity index (χ2n) is 9.68. The van der Waals surface area contributed by atoms with Gasteiger partial charge in [0.1, 0.15) is 5.82 Å². The molecule has 9 nitrogen and oxygen atoms in total. The molecule has 0 bridgehead atoms. The average molecular weight is 479 g/mol. The zero-order chi connectivity index (χ0) is 24.5. The van der Waals surface area contributed by atoms with Crippen molar-refractivity contribution in [3.63, 3.8) is 0 Å². The maximum atomic E-state index is 11.2. The quantitative estimate of drug-likeness (QED) is 0.600. The summed E-state index contributed by atoms with van der Waals surface area (Å²) in [5.41, 5.74) is 8.85. The van der Waals surface area contributed by atoms with Crippen LogP contribution in [-0.4, -0.2) is 76.6 Å². The monoisotopic (exact) mass is 478 g/mol. The van der Waals surface area contributed by atoms with Crippen LogP contribution < -0.4 is 15.2 Å². The minimum Gasteiger partial charge on any atom is -0.493 e. The van der Waals surface area contributed by atoms with E-state index in [2.05, 4.69) is 26.2 Å². The van der Waals surface area contributed by atoms with Crippen LogP contribution in [0, 0.1) is 6.92 Å². The van der Waals surface area contributed by atoms with Gasteiger partial charge in [0.2, 0.25) is 0 Å². The highest BCUT2D eigenvalue weighted by Crippen LogP contribution is 2.39. The van der Waals surface area contributed by atoms with Crippen LogP contribution in [0.25, 0.3) is 16.8 Å². The number of imidazole rings is 1. The summed E-state index contributed by atoms with van der Waals surface area (Å²) in [6.45, 7) is 6.67. The third-order valence-electron chi connectivity index (χ3n) is 7.53. The molecule has 1 aromatic carbocycles. The molecule has 1 saturated carbocycles. The van der Waals surface area contributed by atoms with Crippen LogP contribution in [0.1, 0.15) is 43.1 Å². The molecule has 0 atom stereocenters. The fourth-order valence-corrected chi connectivity index (χ4v) is 5.60. The lowest BCUT2D eigenvalue weighted by atomic mass is 9.84. The van der Waals surface area contributed by atoms with Crippen molar-refractivity contribution < 1.29 is 14.3 Å². The Balaban J connectivity index is 1.44. The first kappa shape index (κ1) is 23.6. The average Bonchev–Trinajstić information content (AvgIpc) is 3.26. The molecular weight excluding hydrogens is 444 g/mol. The molecule has 1 saturated heterocycles. The molecule has 35 heavy (non-hydrogen) atoms. The van der Waals surface area contributed by atoms with Crippen LogP contribution >= 0.6 is 0 Å². The Labute approximate surface area is 205 Å². The molecule has 5 rings (SSSR count). The molecular formula is C26H34N6O3. The molecule has 0 radical (unpaired) electrons. The van der Waals surface area contributed by atoms with Crippen LogP contribution in [0.5, 0.6) is 11.5 Å². The lowest BCUT2D eigenvalue weighted by Crippen LogP contribution is -2.49. The summed E-state index contributed by atoms with van der Waals surface area (Å²) in [4.78, 5) is 26.1. The fraction of sp³-hybridized carbons (Fsp3) is 0.500. The van der Waals surface area contributed by atoms with E-state index in [1.807, 2.05) is 31.5 Å². The number of methoxy groups -OCH3 is 1. The Hall–Kier alpha value is -3.17. The number of nitrogens with two attached hydrogens (primary N) is 1. The number of nitrogens with zero attached hydrogens (tertiary/aromatic N) is 5. The molecule has 186 valence electrons. The highest BCUT2D eigenvalue weighted by molar-refractivity contribution is 5.81. The molecule has 2 aliphatic rings. The molecule has 2 aromatic heterocycles. The molecule has 0 unspecified atom stereocenters. The highest BCUT2D eigenvalue weighted by Gasteiger charge is 2.31. The van der Waals surface area contributed by atoms with Crippen molar-refractivity contribution in [2.24, 2.45) is 5.73 Å². The van der Waals surface area contributed by atoms with E-state index in [1.165, 1.54) is 33.0 Å². The number of hydrogen-bond acceptors (Lipinski definition) is 7. The molecule has 3 heterocycles. The van der Waals surface area contributed by atoms with Crippen LogP contribution in [0.4, 0.5) is 4.79 Å². The second-order valence-corrected chi connectivity index (χ2v) is 9.68. The van der Waals surface area contributed by atoms with E-state index >= 15 is 0 Å². The third kappa shape index (κ3) is 4.70. The van der Waals surface area contributed by atoms with Gasteiger partial charge in [-0.05, 0) is 57.9 Å². The van der Waals surface area contributed by atoms with Crippen LogP contribution in [0.3, 0.4) is 0 Å². The van der Waals surface area contributed by atoms with Crippen LogP contribution in [-0.2, 0) is 0 Å². The van der Waals surface area contributed by atoms with Gasteiger partial charge in [0, 0.05) is 56.1 Å². The topological polar surface area (TPSA) is 98.2 Å². The van der Waals surface area contributed by atoms with Crippen molar-refractivity contribution in [2.45, 2.75) is 44.6 Å². The smallest absolute Gasteiger partial charge is 0.410 e. The van der Waals surface area contributed by atoms with Crippen molar-refractivity contribution in [1.29, 1.82) is 0 Å². The summed E-state index contributed by atoms with van der Waals surface area (Å²) in [6.07, 6.45) is 7.65. The molecule has 2 fully saturated rings. The first-order valence-electron chi connectivity index (χ1n) is 12.4. The number of carbonyl (C=O) groups is 1. The SMILES string of the molecule is COc1cc(-c2nc(C3CCC(N4CCN(C)CC4)CC3)n3ccnc(C)c23)ccc1OC(N)=O. The van der Waals surface area contributed by atoms with Gasteiger partial charge >= 0.3 is 6.09 Å². The summed E-state index contributed by atoms with van der Waals surface area (Å²) >= 11 is 0. The van der Waals surface area contributed by atoms with Crippen molar-refractivity contribution in [3.05, 3.63) is 42.1 Å². The van der Waals surface area contributed by atoms with Crippen LogP contribution in [0.2, 0.25) is 0 Å². The number of aromatic nitrogens is 3. The fourth-order valence-electron chi connectivity index (χ4n) is 5.60. The van der Waals surface area contributed by atoms with Gasteiger partial charge < -0.3 is 20.1 Å². The number of benzene rings is 1. The van der Waals surface area contributed by atoms with E-state index in [9.17, 15) is 4.79 Å². The first-order chi connectivity index (χ1) is 16.9. The van der Waals surface area contributed by atoms with E-state index in [4.69, 9.17) is 20.2 Å². The van der Waals surface area contributed by atoms with Crippen molar-refractivity contribution in [1.82, 2.24) is 24.2 Å². The second kappa shape index (κ2) is 9.83. The third-order valence-corrected chi connectivity index (χ3v) is 7.53. The summed E-state index contributed by atoms with van der Waals surface area (Å²) in [5, 5.41) is 0. The van der Waals surface area contributed by atoms with Gasteiger partial charge in [-0.2, -0.15) is 0 Å². The summed E-state index contributed by atoms with van der Waals surface area (Å²) < 4.78 is 12.7. The molecule has 0 spiro atoms. The number of carbonyl (C=O) groups excluding carboxylic acids is 1. The van der Waals surface area contributed by atoms with Gasteiger partial charge in [-0.25, -0.2) is 9.78 Å². The molecule has 3 aromatic rings. The number of ether oxygens (including phenoxy) is 2. The van der Waals surface area contributed by atoms with Crippen molar-refractivity contribution in [3.8, 4) is 22.8 Å². The molecule has 2 N–H and O–H groups in total. The van der Waals surface area contributed by atoms with E-state index in [0.717, 1.165) is 54.2 Å². The Morgan fingerprint density at radius 1 is 1.09 bits per heavy atom. The minimum absolute atomic E-state index is 0.282. The van der Waals surface area contributed by atoms with E-state index < -0.39 is 6.09 Å². The van der Waals surface area contributed by atoms with E-state index in [0.29, 0.717) is 17.7 Å². The number of hydrogen-bond donors (Lipinski definition) is 1. The maximum absolute atomic E-state index is 11.2. The number of aryl methyl sites for hydroxylation is 1. The number of fused-ring (bicyclic) bond motifs is 1. The largest absolute Gasteiger partial charge is 0.493 e. The number of piperazine rings is 1.